The first kappa shape index (κ1) is 26.9. The number of nitrogens with zero attached hydrogens (tertiary/aromatic N) is 2. The van der Waals surface area contributed by atoms with Crippen molar-refractivity contribution in [3.63, 3.8) is 0 Å². The topological polar surface area (TPSA) is 40.6 Å². The Hall–Kier alpha value is -3.18. The fourth-order valence-corrected chi connectivity index (χ4v) is 5.75. The first-order chi connectivity index (χ1) is 17.7. The third-order valence-corrected chi connectivity index (χ3v) is 8.30. The van der Waals surface area contributed by atoms with Crippen LogP contribution in [0.15, 0.2) is 72.1 Å². The van der Waals surface area contributed by atoms with Gasteiger partial charge >= 0.3 is 0 Å². The third-order valence-electron chi connectivity index (χ3n) is 7.31. The number of benzene rings is 2. The van der Waals surface area contributed by atoms with Gasteiger partial charge in [-0.15, -0.1) is 11.3 Å². The minimum absolute atomic E-state index is 0.0106. The van der Waals surface area contributed by atoms with Gasteiger partial charge in [0.1, 0.15) is 6.54 Å². The van der Waals surface area contributed by atoms with Gasteiger partial charge in [-0.3, -0.25) is 9.59 Å². The van der Waals surface area contributed by atoms with Crippen molar-refractivity contribution < 1.29 is 9.59 Å². The van der Waals surface area contributed by atoms with Crippen molar-refractivity contribution in [1.82, 2.24) is 9.80 Å². The lowest BCUT2D eigenvalue weighted by Crippen LogP contribution is -2.48. The van der Waals surface area contributed by atoms with Crippen LogP contribution >= 0.6 is 11.3 Å². The van der Waals surface area contributed by atoms with Crippen molar-refractivity contribution in [2.24, 2.45) is 0 Å². The summed E-state index contributed by atoms with van der Waals surface area (Å²) in [6, 6.07) is 20.4. The van der Waals surface area contributed by atoms with Gasteiger partial charge in [-0.05, 0) is 65.0 Å². The highest BCUT2D eigenvalue weighted by molar-refractivity contribution is 7.10. The molecular weight excluding hydrogens is 476 g/mol. The second-order valence-corrected chi connectivity index (χ2v) is 11.9. The van der Waals surface area contributed by atoms with Gasteiger partial charge in [0.2, 0.25) is 11.8 Å². The molecule has 2 amide bonds. The third kappa shape index (κ3) is 6.22. The maximum atomic E-state index is 13.9. The summed E-state index contributed by atoms with van der Waals surface area (Å²) in [6.45, 7) is 11.4. The zero-order valence-electron chi connectivity index (χ0n) is 22.6. The minimum atomic E-state index is -0.134. The summed E-state index contributed by atoms with van der Waals surface area (Å²) in [6.07, 6.45) is 5.04. The molecule has 2 atom stereocenters. The Morgan fingerprint density at radius 3 is 2.43 bits per heavy atom. The highest BCUT2D eigenvalue weighted by Gasteiger charge is 2.34. The first-order valence-electron chi connectivity index (χ1n) is 13.2. The van der Waals surface area contributed by atoms with Crippen LogP contribution in [-0.4, -0.2) is 40.7 Å². The molecule has 0 fully saturated rings. The van der Waals surface area contributed by atoms with Crippen LogP contribution in [-0.2, 0) is 21.4 Å². The summed E-state index contributed by atoms with van der Waals surface area (Å²) < 4.78 is 0. The van der Waals surface area contributed by atoms with E-state index in [4.69, 9.17) is 0 Å². The Morgan fingerprint density at radius 2 is 1.78 bits per heavy atom. The van der Waals surface area contributed by atoms with Gasteiger partial charge in [0.05, 0.1) is 6.04 Å². The molecule has 3 aromatic rings. The van der Waals surface area contributed by atoms with Crippen LogP contribution in [0.4, 0.5) is 0 Å². The van der Waals surface area contributed by atoms with Gasteiger partial charge in [-0.2, -0.15) is 0 Å². The molecule has 2 unspecified atom stereocenters. The van der Waals surface area contributed by atoms with Gasteiger partial charge in [0.25, 0.3) is 0 Å². The molecule has 0 saturated carbocycles. The van der Waals surface area contributed by atoms with Crippen LogP contribution in [0.1, 0.15) is 74.2 Å². The van der Waals surface area contributed by atoms with Crippen molar-refractivity contribution >= 4 is 29.2 Å². The molecule has 5 heteroatoms. The smallest absolute Gasteiger partial charge is 0.247 e. The summed E-state index contributed by atoms with van der Waals surface area (Å²) in [5.74, 6) is -0.144. The lowest BCUT2D eigenvalue weighted by molar-refractivity contribution is -0.141. The van der Waals surface area contributed by atoms with E-state index in [1.54, 1.807) is 22.3 Å². The second-order valence-electron chi connectivity index (χ2n) is 10.9. The predicted molar refractivity (Wildman–Crippen MR) is 154 cm³/mol. The lowest BCUT2D eigenvalue weighted by Gasteiger charge is -2.38. The van der Waals surface area contributed by atoms with Crippen LogP contribution in [0.5, 0.6) is 0 Å². The molecule has 2 heterocycles. The van der Waals surface area contributed by atoms with E-state index in [1.165, 1.54) is 16.0 Å². The molecule has 1 aliphatic rings. The molecule has 1 aliphatic heterocycles. The van der Waals surface area contributed by atoms with Crippen molar-refractivity contribution in [3.8, 4) is 0 Å². The molecule has 0 saturated heterocycles. The molecule has 0 spiro atoms. The number of carbonyl (C=O) groups is 2. The van der Waals surface area contributed by atoms with E-state index >= 15 is 0 Å². The summed E-state index contributed by atoms with van der Waals surface area (Å²) >= 11 is 1.77. The Morgan fingerprint density at radius 1 is 1.08 bits per heavy atom. The van der Waals surface area contributed by atoms with Gasteiger partial charge in [-0.25, -0.2) is 0 Å². The maximum absolute atomic E-state index is 13.9. The Kier molecular flexibility index (Phi) is 8.33. The van der Waals surface area contributed by atoms with E-state index in [1.807, 2.05) is 48.2 Å². The zero-order chi connectivity index (χ0) is 26.6. The van der Waals surface area contributed by atoms with Crippen molar-refractivity contribution in [3.05, 3.63) is 99.3 Å². The first-order valence-corrected chi connectivity index (χ1v) is 14.1. The monoisotopic (exact) mass is 514 g/mol. The molecular formula is C32H38N2O2S. The largest absolute Gasteiger partial charge is 0.330 e. The average Bonchev–Trinajstić information content (AvgIpc) is 3.38. The molecule has 0 N–H and O–H groups in total. The van der Waals surface area contributed by atoms with Crippen LogP contribution in [0.25, 0.3) is 6.08 Å². The number of rotatable bonds is 7. The summed E-state index contributed by atoms with van der Waals surface area (Å²) in [7, 11) is 0. The highest BCUT2D eigenvalue weighted by atomic mass is 32.1. The van der Waals surface area contributed by atoms with E-state index in [2.05, 4.69) is 63.4 Å². The second kappa shape index (κ2) is 11.5. The molecule has 4 rings (SSSR count). The normalized spacial score (nSPS) is 16.5. The number of fused-ring (bicyclic) bond motifs is 1. The van der Waals surface area contributed by atoms with E-state index in [0.717, 1.165) is 24.0 Å². The van der Waals surface area contributed by atoms with Crippen LogP contribution in [0, 0.1) is 0 Å². The van der Waals surface area contributed by atoms with Gasteiger partial charge in [-0.1, -0.05) is 82.3 Å². The van der Waals surface area contributed by atoms with Crippen molar-refractivity contribution in [2.45, 2.75) is 65.0 Å². The van der Waals surface area contributed by atoms with Gasteiger partial charge in [0, 0.05) is 23.5 Å². The fourth-order valence-electron chi connectivity index (χ4n) is 4.85. The number of amides is 2. The Balaban J connectivity index is 1.59. The lowest BCUT2D eigenvalue weighted by atomic mass is 9.85. The van der Waals surface area contributed by atoms with Crippen LogP contribution in [0.3, 0.4) is 0 Å². The van der Waals surface area contributed by atoms with Crippen molar-refractivity contribution in [2.75, 3.05) is 13.1 Å². The highest BCUT2D eigenvalue weighted by Crippen LogP contribution is 2.38. The van der Waals surface area contributed by atoms with E-state index < -0.39 is 0 Å². The zero-order valence-corrected chi connectivity index (χ0v) is 23.4. The van der Waals surface area contributed by atoms with E-state index in [-0.39, 0.29) is 35.9 Å². The minimum Gasteiger partial charge on any atom is -0.330 e. The fraction of sp³-hybridized carbons (Fsp3) is 0.375. The van der Waals surface area contributed by atoms with E-state index in [0.29, 0.717) is 6.54 Å². The number of carbonyl (C=O) groups excluding carboxylic acids is 2. The van der Waals surface area contributed by atoms with Gasteiger partial charge in [0.15, 0.2) is 0 Å². The summed E-state index contributed by atoms with van der Waals surface area (Å²) in [5.41, 5.74) is 4.63. The molecule has 2 aromatic carbocycles. The van der Waals surface area contributed by atoms with Crippen LogP contribution < -0.4 is 0 Å². The summed E-state index contributed by atoms with van der Waals surface area (Å²) in [4.78, 5) is 32.1. The molecule has 0 aliphatic carbocycles. The number of thiophene rings is 1. The molecule has 4 nitrogen and oxygen atoms in total. The van der Waals surface area contributed by atoms with Crippen molar-refractivity contribution in [1.29, 1.82) is 0 Å². The van der Waals surface area contributed by atoms with Crippen LogP contribution in [0.2, 0.25) is 0 Å². The Labute approximate surface area is 225 Å². The molecule has 0 bridgehead atoms. The maximum Gasteiger partial charge on any atom is 0.247 e. The quantitative estimate of drug-likeness (QED) is 0.323. The Bertz CT molecular complexity index is 1240. The predicted octanol–water partition coefficient (Wildman–Crippen LogP) is 6.86. The molecule has 194 valence electrons. The van der Waals surface area contributed by atoms with Gasteiger partial charge < -0.3 is 9.80 Å². The standard InChI is InChI=1S/C32H38N2O2S/c1-6-23(2)34(29(35)17-12-24-10-8-7-9-11-24)22-30(36)33-20-18-28-27(19-21-37-28)31(33)25-13-15-26(16-14-25)32(3,4)5/h7-17,19,21,23,31H,6,18,20,22H2,1-5H3. The molecule has 37 heavy (non-hydrogen) atoms. The van der Waals surface area contributed by atoms with E-state index in [9.17, 15) is 9.59 Å². The number of hydrogen-bond donors (Lipinski definition) is 0. The number of hydrogen-bond acceptors (Lipinski definition) is 3. The molecule has 0 radical (unpaired) electrons. The molecule has 1 aromatic heterocycles. The average molecular weight is 515 g/mol. The SMILES string of the molecule is CCC(C)N(CC(=O)N1CCc2sccc2C1c1ccc(C(C)(C)C)cc1)C(=O)C=Cc1ccccc1. The summed E-state index contributed by atoms with van der Waals surface area (Å²) in [5, 5.41) is 2.12.